The van der Waals surface area contributed by atoms with Crippen LogP contribution < -0.4 is 11.1 Å². The van der Waals surface area contributed by atoms with E-state index < -0.39 is 6.04 Å². The van der Waals surface area contributed by atoms with E-state index in [4.69, 9.17) is 33.7 Å². The van der Waals surface area contributed by atoms with Crippen LogP contribution in [0.1, 0.15) is 5.56 Å². The summed E-state index contributed by atoms with van der Waals surface area (Å²) in [7, 11) is 1.50. The molecule has 0 aromatic heterocycles. The first kappa shape index (κ1) is 15.2. The van der Waals surface area contributed by atoms with Crippen molar-refractivity contribution in [3.05, 3.63) is 33.8 Å². The zero-order valence-electron chi connectivity index (χ0n) is 10.1. The molecule has 100 valence electrons. The number of carbonyl (C=O) groups excluding carboxylic acids is 1. The molecule has 1 rings (SSSR count). The molecule has 18 heavy (non-hydrogen) atoms. The summed E-state index contributed by atoms with van der Waals surface area (Å²) in [4.78, 5) is 11.5. The third kappa shape index (κ3) is 4.46. The van der Waals surface area contributed by atoms with Gasteiger partial charge in [-0.25, -0.2) is 0 Å². The van der Waals surface area contributed by atoms with Gasteiger partial charge in [-0.05, 0) is 18.1 Å². The largest absolute Gasteiger partial charge is 0.383 e. The topological polar surface area (TPSA) is 64.3 Å². The minimum Gasteiger partial charge on any atom is -0.383 e. The average Bonchev–Trinajstić information content (AvgIpc) is 2.34. The molecule has 0 aliphatic carbocycles. The van der Waals surface area contributed by atoms with Crippen molar-refractivity contribution in [2.24, 2.45) is 5.73 Å². The molecule has 0 saturated heterocycles. The lowest BCUT2D eigenvalue weighted by Gasteiger charge is -2.11. The molecule has 0 heterocycles. The molecule has 1 unspecified atom stereocenters. The van der Waals surface area contributed by atoms with Gasteiger partial charge in [0.2, 0.25) is 5.91 Å². The van der Waals surface area contributed by atoms with Crippen molar-refractivity contribution in [2.45, 2.75) is 12.5 Å². The Morgan fingerprint density at radius 2 is 2.22 bits per heavy atom. The molecule has 0 radical (unpaired) electrons. The van der Waals surface area contributed by atoms with Crippen LogP contribution in [0.5, 0.6) is 0 Å². The smallest absolute Gasteiger partial charge is 0.239 e. The second-order valence-electron chi connectivity index (χ2n) is 3.82. The Kier molecular flexibility index (Phi) is 6.43. The van der Waals surface area contributed by atoms with E-state index in [1.165, 1.54) is 7.11 Å². The average molecular weight is 291 g/mol. The second kappa shape index (κ2) is 7.59. The van der Waals surface area contributed by atoms with E-state index in [1.54, 1.807) is 6.07 Å². The van der Waals surface area contributed by atoms with Gasteiger partial charge in [0.25, 0.3) is 0 Å². The summed E-state index contributed by atoms with van der Waals surface area (Å²) in [6, 6.07) is 4.77. The molecule has 0 spiro atoms. The summed E-state index contributed by atoms with van der Waals surface area (Å²) in [5.74, 6) is -0.241. The predicted molar refractivity (Wildman–Crippen MR) is 73.0 cm³/mol. The maximum atomic E-state index is 11.5. The van der Waals surface area contributed by atoms with Gasteiger partial charge in [-0.15, -0.1) is 0 Å². The molecule has 0 saturated carbocycles. The molecule has 6 heteroatoms. The van der Waals surface area contributed by atoms with Gasteiger partial charge in [0, 0.05) is 13.7 Å². The lowest BCUT2D eigenvalue weighted by molar-refractivity contribution is -0.123. The first-order chi connectivity index (χ1) is 8.56. The Morgan fingerprint density at radius 3 is 2.89 bits per heavy atom. The van der Waals surface area contributed by atoms with E-state index >= 15 is 0 Å². The van der Waals surface area contributed by atoms with Crippen LogP contribution in [-0.4, -0.2) is 32.2 Å². The fraction of sp³-hybridized carbons (Fsp3) is 0.417. The number of carbonyl (C=O) groups is 1. The van der Waals surface area contributed by atoms with Crippen LogP contribution in [0, 0.1) is 0 Å². The van der Waals surface area contributed by atoms with Gasteiger partial charge in [0.15, 0.2) is 0 Å². The van der Waals surface area contributed by atoms with Gasteiger partial charge in [-0.1, -0.05) is 35.3 Å². The highest BCUT2D eigenvalue weighted by Crippen LogP contribution is 2.25. The maximum Gasteiger partial charge on any atom is 0.239 e. The molecular weight excluding hydrogens is 275 g/mol. The molecule has 3 N–H and O–H groups in total. The van der Waals surface area contributed by atoms with Crippen molar-refractivity contribution in [3.63, 3.8) is 0 Å². The minimum atomic E-state index is -0.648. The van der Waals surface area contributed by atoms with Crippen LogP contribution in [0.25, 0.3) is 0 Å². The molecule has 1 amide bonds. The fourth-order valence-electron chi connectivity index (χ4n) is 1.45. The molecule has 0 aliphatic rings. The van der Waals surface area contributed by atoms with Crippen molar-refractivity contribution >= 4 is 29.1 Å². The lowest BCUT2D eigenvalue weighted by atomic mass is 10.1. The van der Waals surface area contributed by atoms with Gasteiger partial charge in [0.05, 0.1) is 16.7 Å². The van der Waals surface area contributed by atoms with Crippen molar-refractivity contribution in [1.29, 1.82) is 0 Å². The number of benzene rings is 1. The zero-order valence-corrected chi connectivity index (χ0v) is 11.6. The Hall–Kier alpha value is -0.810. The van der Waals surface area contributed by atoms with Gasteiger partial charge in [0.1, 0.15) is 6.04 Å². The number of rotatable bonds is 6. The summed E-state index contributed by atoms with van der Waals surface area (Å²) < 4.78 is 4.80. The zero-order chi connectivity index (χ0) is 13.5. The van der Waals surface area contributed by atoms with Crippen LogP contribution in [0.4, 0.5) is 0 Å². The van der Waals surface area contributed by atoms with Crippen LogP contribution in [0.3, 0.4) is 0 Å². The summed E-state index contributed by atoms with van der Waals surface area (Å²) in [5, 5.41) is 3.75. The lowest BCUT2D eigenvalue weighted by Crippen LogP contribution is -2.44. The van der Waals surface area contributed by atoms with Crippen LogP contribution in [0.2, 0.25) is 10.0 Å². The minimum absolute atomic E-state index is 0.198. The van der Waals surface area contributed by atoms with Gasteiger partial charge < -0.3 is 15.8 Å². The van der Waals surface area contributed by atoms with Crippen molar-refractivity contribution < 1.29 is 9.53 Å². The van der Waals surface area contributed by atoms with Crippen LogP contribution in [-0.2, 0) is 16.0 Å². The number of ether oxygens (including phenoxy) is 1. The maximum absolute atomic E-state index is 11.5. The summed E-state index contributed by atoms with van der Waals surface area (Å²) in [6.45, 7) is 0.653. The molecular formula is C12H16Cl2N2O2. The van der Waals surface area contributed by atoms with E-state index in [9.17, 15) is 4.79 Å². The number of nitrogens with two attached hydrogens (primary N) is 1. The molecule has 4 nitrogen and oxygen atoms in total. The van der Waals surface area contributed by atoms with Gasteiger partial charge in [-0.2, -0.15) is 0 Å². The second-order valence-corrected chi connectivity index (χ2v) is 4.60. The van der Waals surface area contributed by atoms with Gasteiger partial charge >= 0.3 is 0 Å². The van der Waals surface area contributed by atoms with Crippen LogP contribution in [0.15, 0.2) is 18.2 Å². The number of nitrogens with one attached hydrogen (secondary N) is 1. The van der Waals surface area contributed by atoms with Crippen LogP contribution >= 0.6 is 23.2 Å². The summed E-state index contributed by atoms with van der Waals surface area (Å²) in [6.07, 6.45) is 0.602. The first-order valence-electron chi connectivity index (χ1n) is 5.51. The quantitative estimate of drug-likeness (QED) is 0.837. The third-order valence-electron chi connectivity index (χ3n) is 2.41. The van der Waals surface area contributed by atoms with Crippen molar-refractivity contribution in [2.75, 3.05) is 20.3 Å². The highest BCUT2D eigenvalue weighted by molar-refractivity contribution is 6.42. The number of halogens is 2. The Labute approximate surface area is 116 Å². The first-order valence-corrected chi connectivity index (χ1v) is 6.27. The standard InChI is InChI=1S/C12H16Cl2N2O2/c1-18-7-10(15)12(17)16-6-5-8-3-2-4-9(13)11(8)14/h2-4,10H,5-7,15H2,1H3,(H,16,17). The van der Waals surface area contributed by atoms with E-state index in [-0.39, 0.29) is 12.5 Å². The van der Waals surface area contributed by atoms with E-state index in [0.29, 0.717) is 23.0 Å². The van der Waals surface area contributed by atoms with Crippen molar-refractivity contribution in [3.8, 4) is 0 Å². The molecule has 0 bridgehead atoms. The molecule has 0 fully saturated rings. The van der Waals surface area contributed by atoms with E-state index in [0.717, 1.165) is 5.56 Å². The summed E-state index contributed by atoms with van der Waals surface area (Å²) in [5.41, 5.74) is 6.47. The highest BCUT2D eigenvalue weighted by atomic mass is 35.5. The molecule has 1 aromatic carbocycles. The van der Waals surface area contributed by atoms with Gasteiger partial charge in [-0.3, -0.25) is 4.79 Å². The Balaban J connectivity index is 2.42. The van der Waals surface area contributed by atoms with Crippen molar-refractivity contribution in [1.82, 2.24) is 5.32 Å². The van der Waals surface area contributed by atoms with E-state index in [2.05, 4.69) is 5.32 Å². The normalized spacial score (nSPS) is 12.2. The molecule has 1 aromatic rings. The number of methoxy groups -OCH3 is 1. The molecule has 0 aliphatic heterocycles. The third-order valence-corrected chi connectivity index (χ3v) is 3.27. The molecule has 1 atom stereocenters. The Bertz CT molecular complexity index is 413. The van der Waals surface area contributed by atoms with E-state index in [1.807, 2.05) is 12.1 Å². The predicted octanol–water partition coefficient (Wildman–Crippen LogP) is 1.63. The number of amides is 1. The summed E-state index contributed by atoms with van der Waals surface area (Å²) >= 11 is 11.9. The highest BCUT2D eigenvalue weighted by Gasteiger charge is 2.12. The number of hydrogen-bond acceptors (Lipinski definition) is 3. The number of hydrogen-bond donors (Lipinski definition) is 2. The monoisotopic (exact) mass is 290 g/mol. The Morgan fingerprint density at radius 1 is 1.50 bits per heavy atom. The fourth-order valence-corrected chi connectivity index (χ4v) is 1.86. The SMILES string of the molecule is COCC(N)C(=O)NCCc1cccc(Cl)c1Cl.